The minimum Gasteiger partial charge on any atom is -1.00 e. The fraction of sp³-hybridized carbons (Fsp3) is 0.0625. The summed E-state index contributed by atoms with van der Waals surface area (Å²) in [6.45, 7) is 4.35. The van der Waals surface area contributed by atoms with Gasteiger partial charge in [-0.15, -0.1) is 57.9 Å². The van der Waals surface area contributed by atoms with Gasteiger partial charge in [-0.2, -0.15) is 23.3 Å². The van der Waals surface area contributed by atoms with Crippen molar-refractivity contribution in [3.63, 3.8) is 0 Å². The topological polar surface area (TPSA) is 0 Å². The molecule has 0 saturated carbocycles. The van der Waals surface area contributed by atoms with E-state index < -0.39 is 0 Å². The number of hydrogen-bond acceptors (Lipinski definition) is 0. The molecule has 0 heterocycles. The molecule has 0 radical (unpaired) electrons. The van der Waals surface area contributed by atoms with Crippen molar-refractivity contribution in [2.75, 3.05) is 0 Å². The Balaban J connectivity index is 0.000000227. The molecular weight excluding hydrogens is 503 g/mol. The van der Waals surface area contributed by atoms with Gasteiger partial charge in [0.25, 0.3) is 0 Å². The Bertz CT molecular complexity index is 1360. The van der Waals surface area contributed by atoms with Crippen LogP contribution in [0.25, 0.3) is 43.8 Å². The predicted molar refractivity (Wildman–Crippen MR) is 139 cm³/mol. The van der Waals surface area contributed by atoms with Gasteiger partial charge in [-0.3, -0.25) is 0 Å². The molecule has 3 heteroatoms. The molecule has 0 nitrogen and oxygen atoms in total. The number of fused-ring (bicyclic) bond motifs is 2. The molecule has 6 aromatic carbocycles. The van der Waals surface area contributed by atoms with Gasteiger partial charge in [-0.1, -0.05) is 97.8 Å². The zero-order valence-corrected chi connectivity index (χ0v) is 22.9. The van der Waals surface area contributed by atoms with E-state index in [1.54, 1.807) is 0 Å². The van der Waals surface area contributed by atoms with E-state index in [9.17, 15) is 0 Å². The third-order valence-corrected chi connectivity index (χ3v) is 6.18. The quantitative estimate of drug-likeness (QED) is 0.239. The molecule has 6 aromatic rings. The molecule has 0 atom stereocenters. The Labute approximate surface area is 235 Å². The number of rotatable bonds is 2. The summed E-state index contributed by atoms with van der Waals surface area (Å²) in [6.07, 6.45) is 0. The predicted octanol–water partition coefficient (Wildman–Crippen LogP) is 3.07. The van der Waals surface area contributed by atoms with Crippen molar-refractivity contribution in [3.8, 4) is 22.3 Å². The first kappa shape index (κ1) is 28.6. The van der Waals surface area contributed by atoms with Gasteiger partial charge in [-0.05, 0) is 11.1 Å². The minimum atomic E-state index is 0. The van der Waals surface area contributed by atoms with Gasteiger partial charge in [0.15, 0.2) is 0 Å². The Morgan fingerprint density at radius 2 is 0.829 bits per heavy atom. The van der Waals surface area contributed by atoms with E-state index in [4.69, 9.17) is 0 Å². The van der Waals surface area contributed by atoms with Gasteiger partial charge in [-0.25, -0.2) is 0 Å². The zero-order chi connectivity index (χ0) is 21.9. The Morgan fingerprint density at radius 1 is 0.457 bits per heavy atom. The van der Waals surface area contributed by atoms with Crippen LogP contribution >= 0.6 is 0 Å². The summed E-state index contributed by atoms with van der Waals surface area (Å²) in [4.78, 5) is 0. The zero-order valence-electron chi connectivity index (χ0n) is 19.8. The van der Waals surface area contributed by atoms with E-state index in [0.717, 1.165) is 0 Å². The van der Waals surface area contributed by atoms with Gasteiger partial charge in [0.1, 0.15) is 0 Å². The Hall–Kier alpha value is -2.61. The summed E-state index contributed by atoms with van der Waals surface area (Å²) >= 11 is 0. The van der Waals surface area contributed by atoms with E-state index >= 15 is 0 Å². The van der Waals surface area contributed by atoms with E-state index in [0.29, 0.717) is 0 Å². The van der Waals surface area contributed by atoms with Crippen LogP contribution in [0.5, 0.6) is 0 Å². The molecule has 35 heavy (non-hydrogen) atoms. The summed E-state index contributed by atoms with van der Waals surface area (Å²) in [7, 11) is 0. The molecule has 0 spiro atoms. The van der Waals surface area contributed by atoms with Gasteiger partial charge in [0, 0.05) is 0 Å². The van der Waals surface area contributed by atoms with Gasteiger partial charge in [0.05, 0.1) is 0 Å². The van der Waals surface area contributed by atoms with E-state index in [2.05, 4.69) is 135 Å². The maximum atomic E-state index is 2.20. The molecular formula is C32H26Cl2Ti. The fourth-order valence-corrected chi connectivity index (χ4v) is 4.61. The van der Waals surface area contributed by atoms with Crippen LogP contribution in [0.2, 0.25) is 0 Å². The molecule has 6 rings (SSSR count). The molecule has 0 amide bonds. The summed E-state index contributed by atoms with van der Waals surface area (Å²) in [5, 5.41) is 5.43. The first-order chi connectivity index (χ1) is 15.7. The first-order valence-corrected chi connectivity index (χ1v) is 11.1. The molecule has 0 bridgehead atoms. The summed E-state index contributed by atoms with van der Waals surface area (Å²) in [5.74, 6) is 0. The molecule has 172 valence electrons. The van der Waals surface area contributed by atoms with Crippen molar-refractivity contribution in [3.05, 3.63) is 132 Å². The molecule has 0 aliphatic rings. The molecule has 0 unspecified atom stereocenters. The summed E-state index contributed by atoms with van der Waals surface area (Å²) in [5.41, 5.74) is 7.97. The van der Waals surface area contributed by atoms with Crippen LogP contribution in [-0.4, -0.2) is 0 Å². The normalized spacial score (nSPS) is 9.89. The van der Waals surface area contributed by atoms with Crippen LogP contribution in [0.15, 0.2) is 121 Å². The number of aryl methyl sites for hydroxylation is 2. The van der Waals surface area contributed by atoms with Gasteiger partial charge in [0.2, 0.25) is 0 Å². The summed E-state index contributed by atoms with van der Waals surface area (Å²) < 4.78 is 0. The number of halogens is 2. The van der Waals surface area contributed by atoms with Crippen LogP contribution in [0.1, 0.15) is 11.1 Å². The second-order valence-electron chi connectivity index (χ2n) is 8.30. The maximum Gasteiger partial charge on any atom is 4.00 e. The second kappa shape index (κ2) is 12.9. The average Bonchev–Trinajstić information content (AvgIpc) is 3.43. The molecule has 0 N–H and O–H groups in total. The van der Waals surface area contributed by atoms with Gasteiger partial charge < -0.3 is 24.8 Å². The average molecular weight is 529 g/mol. The van der Waals surface area contributed by atoms with Crippen LogP contribution in [-0.2, 0) is 21.7 Å². The van der Waals surface area contributed by atoms with Gasteiger partial charge >= 0.3 is 21.7 Å². The standard InChI is InChI=1S/2C16H13.2ClH.Ti/c2*1-12-10-11-14-8-5-9-15(16(12)14)13-6-3-2-4-7-13;;;/h2*2-11H,1H3;2*1H;/q2*-1;;;+4/p-2. The van der Waals surface area contributed by atoms with E-state index in [1.807, 2.05) is 0 Å². The van der Waals surface area contributed by atoms with Crippen LogP contribution in [0.3, 0.4) is 0 Å². The Morgan fingerprint density at radius 3 is 1.20 bits per heavy atom. The van der Waals surface area contributed by atoms with Crippen molar-refractivity contribution in [1.82, 2.24) is 0 Å². The van der Waals surface area contributed by atoms with Crippen molar-refractivity contribution in [2.45, 2.75) is 13.8 Å². The third-order valence-electron chi connectivity index (χ3n) is 6.18. The van der Waals surface area contributed by atoms with Crippen molar-refractivity contribution >= 4 is 21.5 Å². The summed E-state index contributed by atoms with van der Waals surface area (Å²) in [6, 6.07) is 42.9. The van der Waals surface area contributed by atoms with Crippen LogP contribution < -0.4 is 24.8 Å². The largest absolute Gasteiger partial charge is 4.00 e. The molecule has 0 aliphatic heterocycles. The van der Waals surface area contributed by atoms with Crippen molar-refractivity contribution in [2.24, 2.45) is 0 Å². The first-order valence-electron chi connectivity index (χ1n) is 11.1. The molecule has 0 aromatic heterocycles. The monoisotopic (exact) mass is 528 g/mol. The number of hydrogen-bond donors (Lipinski definition) is 0. The van der Waals surface area contributed by atoms with Crippen LogP contribution in [0.4, 0.5) is 0 Å². The molecule has 0 saturated heterocycles. The SMILES string of the molecule is Cc1c[cH-]c2cccc(-c3ccccc3)c12.Cc1c[cH-]c2cccc(-c3ccccc3)c12.[Cl-].[Cl-].[Ti+4]. The number of benzene rings is 4. The van der Waals surface area contributed by atoms with Crippen molar-refractivity contribution < 1.29 is 46.5 Å². The van der Waals surface area contributed by atoms with Crippen molar-refractivity contribution in [1.29, 1.82) is 0 Å². The smallest absolute Gasteiger partial charge is 1.00 e. The fourth-order valence-electron chi connectivity index (χ4n) is 4.61. The third kappa shape index (κ3) is 5.97. The van der Waals surface area contributed by atoms with E-state index in [-0.39, 0.29) is 46.5 Å². The molecule has 0 aliphatic carbocycles. The maximum absolute atomic E-state index is 2.20. The van der Waals surface area contributed by atoms with Crippen LogP contribution in [0, 0.1) is 13.8 Å². The second-order valence-corrected chi connectivity index (χ2v) is 8.30. The Kier molecular flexibility index (Phi) is 10.6. The van der Waals surface area contributed by atoms with E-state index in [1.165, 1.54) is 54.9 Å². The molecule has 0 fully saturated rings. The minimum absolute atomic E-state index is 0.